The van der Waals surface area contributed by atoms with Gasteiger partial charge in [0.15, 0.2) is 0 Å². The minimum atomic E-state index is -1.50. The molecule has 0 aliphatic carbocycles. The summed E-state index contributed by atoms with van der Waals surface area (Å²) in [6, 6.07) is 0. The molecule has 0 aromatic heterocycles. The number of terminal acetylenes is 1. The van der Waals surface area contributed by atoms with Crippen LogP contribution in [0.15, 0.2) is 0 Å². The van der Waals surface area contributed by atoms with Crippen LogP contribution in [0.2, 0.25) is 0 Å². The highest BCUT2D eigenvalue weighted by molar-refractivity contribution is 6.18. The highest BCUT2D eigenvalue weighted by Crippen LogP contribution is 2.08. The van der Waals surface area contributed by atoms with Crippen LogP contribution in [0.3, 0.4) is 0 Å². The van der Waals surface area contributed by atoms with Crippen molar-refractivity contribution in [2.45, 2.75) is 18.6 Å². The highest BCUT2D eigenvalue weighted by atomic mass is 35.5. The zero-order valence-corrected chi connectivity index (χ0v) is 5.89. The molecule has 9 heavy (non-hydrogen) atoms. The van der Waals surface area contributed by atoms with Crippen molar-refractivity contribution >= 4 is 11.6 Å². The molecule has 2 N–H and O–H groups in total. The van der Waals surface area contributed by atoms with Crippen LogP contribution in [0.5, 0.6) is 0 Å². The van der Waals surface area contributed by atoms with E-state index in [2.05, 4.69) is 0 Å². The number of aliphatic hydroxyl groups is 2. The number of aliphatic hydroxyl groups excluding tert-OH is 1. The summed E-state index contributed by atoms with van der Waals surface area (Å²) in [5, 5.41) is 17.9. The number of hydrogen-bond acceptors (Lipinski definition) is 2. The molecular formula is C6H9ClO2. The topological polar surface area (TPSA) is 40.5 Å². The summed E-state index contributed by atoms with van der Waals surface area (Å²) in [5.41, 5.74) is -1.50. The molecule has 0 amide bonds. The molecule has 52 valence electrons. The second-order valence-electron chi connectivity index (χ2n) is 1.96. The lowest BCUT2D eigenvalue weighted by Gasteiger charge is -2.20. The molecule has 0 bridgehead atoms. The zero-order chi connectivity index (χ0) is 7.49. The molecule has 3 heteroatoms. The molecule has 0 radical (unpaired) electrons. The highest BCUT2D eigenvalue weighted by Gasteiger charge is 2.26. The fourth-order valence-electron chi connectivity index (χ4n) is 0.246. The number of alkyl halides is 1. The first-order valence-electron chi connectivity index (χ1n) is 2.48. The van der Waals surface area contributed by atoms with Gasteiger partial charge in [-0.2, -0.15) is 0 Å². The van der Waals surface area contributed by atoms with E-state index in [1.54, 1.807) is 0 Å². The third-order valence-electron chi connectivity index (χ3n) is 1.09. The number of hydrogen-bond donors (Lipinski definition) is 2. The second-order valence-corrected chi connectivity index (χ2v) is 2.27. The Morgan fingerprint density at radius 1 is 1.89 bits per heavy atom. The van der Waals surface area contributed by atoms with Crippen molar-refractivity contribution in [1.82, 2.24) is 0 Å². The smallest absolute Gasteiger partial charge is 0.149 e. The number of rotatable bonds is 2. The van der Waals surface area contributed by atoms with Gasteiger partial charge >= 0.3 is 0 Å². The quantitative estimate of drug-likeness (QED) is 0.427. The second kappa shape index (κ2) is 3.07. The van der Waals surface area contributed by atoms with Gasteiger partial charge in [-0.3, -0.25) is 0 Å². The van der Waals surface area contributed by atoms with Gasteiger partial charge in [0.2, 0.25) is 0 Å². The van der Waals surface area contributed by atoms with E-state index in [0.29, 0.717) is 0 Å². The summed E-state index contributed by atoms with van der Waals surface area (Å²) in [7, 11) is 0. The van der Waals surface area contributed by atoms with Crippen molar-refractivity contribution in [3.8, 4) is 12.3 Å². The molecular weight excluding hydrogens is 140 g/mol. The Balaban J connectivity index is 4.01. The summed E-state index contributed by atoms with van der Waals surface area (Å²) >= 11 is 5.21. The van der Waals surface area contributed by atoms with E-state index in [0.717, 1.165) is 0 Å². The fraction of sp³-hybridized carbons (Fsp3) is 0.667. The molecule has 0 saturated heterocycles. The molecule has 0 aromatic rings. The summed E-state index contributed by atoms with van der Waals surface area (Å²) in [5.74, 6) is 1.95. The molecule has 0 unspecified atom stereocenters. The van der Waals surface area contributed by atoms with Gasteiger partial charge in [0.25, 0.3) is 0 Å². The predicted molar refractivity (Wildman–Crippen MR) is 36.2 cm³/mol. The molecule has 0 saturated carbocycles. The van der Waals surface area contributed by atoms with Gasteiger partial charge in [-0.15, -0.1) is 18.0 Å². The van der Waals surface area contributed by atoms with Crippen molar-refractivity contribution in [2.24, 2.45) is 0 Å². The normalized spacial score (nSPS) is 19.9. The Labute approximate surface area is 59.5 Å². The van der Waals surface area contributed by atoms with E-state index in [1.807, 2.05) is 5.92 Å². The Kier molecular flexibility index (Phi) is 2.99. The van der Waals surface area contributed by atoms with E-state index in [1.165, 1.54) is 6.92 Å². The van der Waals surface area contributed by atoms with Crippen molar-refractivity contribution in [3.05, 3.63) is 0 Å². The van der Waals surface area contributed by atoms with Crippen LogP contribution in [0.1, 0.15) is 6.92 Å². The summed E-state index contributed by atoms with van der Waals surface area (Å²) in [4.78, 5) is 0. The Morgan fingerprint density at radius 2 is 2.33 bits per heavy atom. The van der Waals surface area contributed by atoms with Gasteiger partial charge in [0.1, 0.15) is 11.7 Å². The molecule has 0 heterocycles. The predicted octanol–water partition coefficient (Wildman–Crippen LogP) is -0.0297. The van der Waals surface area contributed by atoms with Gasteiger partial charge in [-0.25, -0.2) is 0 Å². The molecule has 0 aliphatic rings. The molecule has 0 aromatic carbocycles. The molecule has 0 aliphatic heterocycles. The maximum Gasteiger partial charge on any atom is 0.149 e. The summed E-state index contributed by atoms with van der Waals surface area (Å²) in [6.07, 6.45) is 3.81. The Hall–Kier alpha value is -0.230. The molecule has 2 nitrogen and oxygen atoms in total. The van der Waals surface area contributed by atoms with Crippen LogP contribution >= 0.6 is 11.6 Å². The van der Waals surface area contributed by atoms with E-state index in [4.69, 9.17) is 28.2 Å². The number of halogens is 1. The van der Waals surface area contributed by atoms with Gasteiger partial charge < -0.3 is 10.2 Å². The SMILES string of the molecule is C#C[C@@](C)(O)[C@H](O)CCl. The van der Waals surface area contributed by atoms with Crippen LogP contribution < -0.4 is 0 Å². The average molecular weight is 149 g/mol. The monoisotopic (exact) mass is 148 g/mol. The molecule has 2 atom stereocenters. The Morgan fingerprint density at radius 3 is 2.44 bits per heavy atom. The third kappa shape index (κ3) is 2.23. The summed E-state index contributed by atoms with van der Waals surface area (Å²) < 4.78 is 0. The molecule has 0 fully saturated rings. The lowest BCUT2D eigenvalue weighted by atomic mass is 10.0. The van der Waals surface area contributed by atoms with Crippen molar-refractivity contribution in [1.29, 1.82) is 0 Å². The van der Waals surface area contributed by atoms with E-state index < -0.39 is 11.7 Å². The zero-order valence-electron chi connectivity index (χ0n) is 5.13. The first-order valence-corrected chi connectivity index (χ1v) is 3.02. The molecule has 0 spiro atoms. The standard InChI is InChI=1S/C6H9ClO2/c1-3-6(2,9)5(8)4-7/h1,5,8-9H,4H2,2H3/t5-,6-/m1/s1. The van der Waals surface area contributed by atoms with Crippen molar-refractivity contribution < 1.29 is 10.2 Å². The van der Waals surface area contributed by atoms with Crippen LogP contribution in [0.25, 0.3) is 0 Å². The average Bonchev–Trinajstić information content (AvgIpc) is 1.86. The van der Waals surface area contributed by atoms with E-state index >= 15 is 0 Å². The largest absolute Gasteiger partial charge is 0.388 e. The van der Waals surface area contributed by atoms with E-state index in [9.17, 15) is 0 Å². The van der Waals surface area contributed by atoms with Gasteiger partial charge in [-0.1, -0.05) is 5.92 Å². The van der Waals surface area contributed by atoms with Gasteiger partial charge in [0.05, 0.1) is 5.88 Å². The van der Waals surface area contributed by atoms with Crippen LogP contribution in [0.4, 0.5) is 0 Å². The fourth-order valence-corrected chi connectivity index (χ4v) is 0.547. The Bertz CT molecular complexity index is 126. The lowest BCUT2D eigenvalue weighted by molar-refractivity contribution is -0.00574. The van der Waals surface area contributed by atoms with Crippen molar-refractivity contribution in [3.63, 3.8) is 0 Å². The van der Waals surface area contributed by atoms with E-state index in [-0.39, 0.29) is 5.88 Å². The van der Waals surface area contributed by atoms with Gasteiger partial charge in [0, 0.05) is 0 Å². The maximum atomic E-state index is 9.02. The minimum Gasteiger partial charge on any atom is -0.388 e. The summed E-state index contributed by atoms with van der Waals surface area (Å²) in [6.45, 7) is 1.33. The van der Waals surface area contributed by atoms with Gasteiger partial charge in [-0.05, 0) is 6.92 Å². The molecule has 0 rings (SSSR count). The third-order valence-corrected chi connectivity index (χ3v) is 1.38. The van der Waals surface area contributed by atoms with Crippen molar-refractivity contribution in [2.75, 3.05) is 5.88 Å². The first kappa shape index (κ1) is 8.77. The maximum absolute atomic E-state index is 9.02. The van der Waals surface area contributed by atoms with Crippen LogP contribution in [-0.4, -0.2) is 27.8 Å². The van der Waals surface area contributed by atoms with Crippen LogP contribution in [0, 0.1) is 12.3 Å². The van der Waals surface area contributed by atoms with Crippen LogP contribution in [-0.2, 0) is 0 Å². The first-order chi connectivity index (χ1) is 4.04. The lowest BCUT2D eigenvalue weighted by Crippen LogP contribution is -2.38. The minimum absolute atomic E-state index is 0.0583.